The number of hydrogen-bond donors (Lipinski definition) is 2. The van der Waals surface area contributed by atoms with E-state index in [1.54, 1.807) is 6.20 Å². The van der Waals surface area contributed by atoms with Gasteiger partial charge in [-0.3, -0.25) is 4.90 Å². The van der Waals surface area contributed by atoms with Crippen molar-refractivity contribution in [3.8, 4) is 5.88 Å². The quantitative estimate of drug-likeness (QED) is 0.514. The highest BCUT2D eigenvalue weighted by molar-refractivity contribution is 5.79. The van der Waals surface area contributed by atoms with Gasteiger partial charge in [-0.25, -0.2) is 9.98 Å². The Balaban J connectivity index is 1.60. The Morgan fingerprint density at radius 2 is 2.03 bits per heavy atom. The largest absolute Gasteiger partial charge is 0.474 e. The molecule has 2 N–H and O–H groups in total. The molecule has 1 aliphatic carbocycles. The first kappa shape index (κ1) is 21.8. The Hall–Kier alpha value is -1.86. The Morgan fingerprint density at radius 3 is 2.76 bits per heavy atom. The zero-order valence-electron chi connectivity index (χ0n) is 18.2. The van der Waals surface area contributed by atoms with Gasteiger partial charge in [0.05, 0.1) is 19.8 Å². The van der Waals surface area contributed by atoms with Crippen LogP contribution in [0.15, 0.2) is 23.3 Å². The summed E-state index contributed by atoms with van der Waals surface area (Å²) in [7, 11) is 0. The summed E-state index contributed by atoms with van der Waals surface area (Å²) in [5.41, 5.74) is 1.06. The van der Waals surface area contributed by atoms with Gasteiger partial charge in [0.15, 0.2) is 5.96 Å². The van der Waals surface area contributed by atoms with Crippen molar-refractivity contribution < 1.29 is 9.47 Å². The molecule has 0 radical (unpaired) electrons. The SMILES string of the molecule is CCNC(=NCc1cccnc1OC1CCCC1)NCC(C)(C)N1CCOCC1. The fraction of sp³-hybridized carbons (Fsp3) is 0.727. The van der Waals surface area contributed by atoms with E-state index >= 15 is 0 Å². The predicted molar refractivity (Wildman–Crippen MR) is 116 cm³/mol. The summed E-state index contributed by atoms with van der Waals surface area (Å²) in [6, 6.07) is 4.01. The van der Waals surface area contributed by atoms with Gasteiger partial charge >= 0.3 is 0 Å². The van der Waals surface area contributed by atoms with E-state index in [9.17, 15) is 0 Å². The number of pyridine rings is 1. The van der Waals surface area contributed by atoms with Crippen LogP contribution < -0.4 is 15.4 Å². The molecule has 0 amide bonds. The molecule has 2 heterocycles. The summed E-state index contributed by atoms with van der Waals surface area (Å²) in [6.45, 7) is 12.4. The highest BCUT2D eigenvalue weighted by Gasteiger charge is 2.28. The van der Waals surface area contributed by atoms with Crippen LogP contribution >= 0.6 is 0 Å². The Bertz CT molecular complexity index is 652. The van der Waals surface area contributed by atoms with Gasteiger partial charge in [0.1, 0.15) is 6.10 Å². The van der Waals surface area contributed by atoms with Crippen LogP contribution in [-0.2, 0) is 11.3 Å². The van der Waals surface area contributed by atoms with Crippen LogP contribution in [0.25, 0.3) is 0 Å². The fourth-order valence-corrected chi connectivity index (χ4v) is 3.90. The average Bonchev–Trinajstić information content (AvgIpc) is 3.25. The summed E-state index contributed by atoms with van der Waals surface area (Å²) in [6.07, 6.45) is 6.84. The molecule has 7 heteroatoms. The number of nitrogens with one attached hydrogen (secondary N) is 2. The van der Waals surface area contributed by atoms with Gasteiger partial charge in [0, 0.05) is 43.5 Å². The van der Waals surface area contributed by atoms with Gasteiger partial charge in [-0.2, -0.15) is 0 Å². The molecule has 1 aromatic rings. The van der Waals surface area contributed by atoms with E-state index in [2.05, 4.69) is 47.4 Å². The van der Waals surface area contributed by atoms with E-state index in [1.807, 2.05) is 6.07 Å². The molecule has 29 heavy (non-hydrogen) atoms. The summed E-state index contributed by atoms with van der Waals surface area (Å²) >= 11 is 0. The van der Waals surface area contributed by atoms with Gasteiger partial charge in [-0.15, -0.1) is 0 Å². The maximum absolute atomic E-state index is 6.15. The molecule has 0 unspecified atom stereocenters. The Labute approximate surface area is 175 Å². The minimum atomic E-state index is 0.0328. The third-order valence-electron chi connectivity index (χ3n) is 5.74. The van der Waals surface area contributed by atoms with E-state index in [1.165, 1.54) is 12.8 Å². The number of ether oxygens (including phenoxy) is 2. The molecule has 162 valence electrons. The van der Waals surface area contributed by atoms with E-state index in [0.29, 0.717) is 12.6 Å². The normalized spacial score (nSPS) is 19.3. The highest BCUT2D eigenvalue weighted by Crippen LogP contribution is 2.25. The smallest absolute Gasteiger partial charge is 0.218 e. The minimum absolute atomic E-state index is 0.0328. The number of guanidine groups is 1. The van der Waals surface area contributed by atoms with Crippen molar-refractivity contribution in [2.45, 2.75) is 64.6 Å². The molecule has 1 saturated carbocycles. The average molecular weight is 404 g/mol. The lowest BCUT2D eigenvalue weighted by Crippen LogP contribution is -2.56. The molecule has 3 rings (SSSR count). The van der Waals surface area contributed by atoms with E-state index in [0.717, 1.165) is 69.6 Å². The third kappa shape index (κ3) is 6.57. The first-order valence-corrected chi connectivity index (χ1v) is 11.0. The zero-order chi connectivity index (χ0) is 20.5. The van der Waals surface area contributed by atoms with Crippen molar-refractivity contribution in [2.24, 2.45) is 4.99 Å². The van der Waals surface area contributed by atoms with Crippen molar-refractivity contribution in [1.29, 1.82) is 0 Å². The number of hydrogen-bond acceptors (Lipinski definition) is 5. The lowest BCUT2D eigenvalue weighted by atomic mass is 10.0. The highest BCUT2D eigenvalue weighted by atomic mass is 16.5. The standard InChI is InChI=1S/C22H37N5O2/c1-4-23-21(26-17-22(2,3)27-12-14-28-15-13-27)25-16-18-8-7-11-24-20(18)29-19-9-5-6-10-19/h7-8,11,19H,4-6,9-10,12-17H2,1-3H3,(H2,23,25,26). The predicted octanol–water partition coefficient (Wildman–Crippen LogP) is 2.57. The monoisotopic (exact) mass is 403 g/mol. The summed E-state index contributed by atoms with van der Waals surface area (Å²) in [4.78, 5) is 11.7. The number of morpholine rings is 1. The second-order valence-electron chi connectivity index (χ2n) is 8.45. The van der Waals surface area contributed by atoms with E-state index < -0.39 is 0 Å². The van der Waals surface area contributed by atoms with Gasteiger partial charge < -0.3 is 20.1 Å². The third-order valence-corrected chi connectivity index (χ3v) is 5.74. The second kappa shape index (κ2) is 10.8. The van der Waals surface area contributed by atoms with Crippen LogP contribution in [0, 0.1) is 0 Å². The lowest BCUT2D eigenvalue weighted by molar-refractivity contribution is -0.00834. The van der Waals surface area contributed by atoms with Crippen molar-refractivity contribution in [1.82, 2.24) is 20.5 Å². The molecule has 1 aromatic heterocycles. The van der Waals surface area contributed by atoms with Gasteiger partial charge in [0.25, 0.3) is 0 Å². The second-order valence-corrected chi connectivity index (χ2v) is 8.45. The number of rotatable bonds is 8. The number of aromatic nitrogens is 1. The number of aliphatic imine (C=N–C) groups is 1. The van der Waals surface area contributed by atoms with Gasteiger partial charge in [0.2, 0.25) is 5.88 Å². The molecule has 7 nitrogen and oxygen atoms in total. The maximum atomic E-state index is 6.15. The topological polar surface area (TPSA) is 71.0 Å². The van der Waals surface area contributed by atoms with Gasteiger partial charge in [-0.05, 0) is 52.5 Å². The minimum Gasteiger partial charge on any atom is -0.474 e. The van der Waals surface area contributed by atoms with Crippen LogP contribution in [0.3, 0.4) is 0 Å². The van der Waals surface area contributed by atoms with Crippen LogP contribution in [0.5, 0.6) is 5.88 Å². The molecular weight excluding hydrogens is 366 g/mol. The van der Waals surface area contributed by atoms with Crippen molar-refractivity contribution in [2.75, 3.05) is 39.4 Å². The van der Waals surface area contributed by atoms with Crippen LogP contribution in [-0.4, -0.2) is 66.9 Å². The van der Waals surface area contributed by atoms with Crippen LogP contribution in [0.1, 0.15) is 52.0 Å². The molecule has 1 saturated heterocycles. The zero-order valence-corrected chi connectivity index (χ0v) is 18.2. The first-order valence-electron chi connectivity index (χ1n) is 11.0. The maximum Gasteiger partial charge on any atom is 0.218 e. The molecule has 0 bridgehead atoms. The summed E-state index contributed by atoms with van der Waals surface area (Å²) in [5.74, 6) is 1.55. The molecule has 2 aliphatic rings. The van der Waals surface area contributed by atoms with Crippen molar-refractivity contribution in [3.05, 3.63) is 23.9 Å². The first-order chi connectivity index (χ1) is 14.1. The Kier molecular flexibility index (Phi) is 8.12. The number of nitrogens with zero attached hydrogens (tertiary/aromatic N) is 3. The Morgan fingerprint density at radius 1 is 1.28 bits per heavy atom. The van der Waals surface area contributed by atoms with Crippen molar-refractivity contribution >= 4 is 5.96 Å². The molecular formula is C22H37N5O2. The van der Waals surface area contributed by atoms with Crippen molar-refractivity contribution in [3.63, 3.8) is 0 Å². The van der Waals surface area contributed by atoms with Gasteiger partial charge in [-0.1, -0.05) is 6.07 Å². The van der Waals surface area contributed by atoms with Crippen LogP contribution in [0.2, 0.25) is 0 Å². The molecule has 0 spiro atoms. The summed E-state index contributed by atoms with van der Waals surface area (Å²) < 4.78 is 11.6. The van der Waals surface area contributed by atoms with E-state index in [-0.39, 0.29) is 5.54 Å². The summed E-state index contributed by atoms with van der Waals surface area (Å²) in [5, 5.41) is 6.87. The van der Waals surface area contributed by atoms with E-state index in [4.69, 9.17) is 14.5 Å². The molecule has 1 aliphatic heterocycles. The molecule has 0 atom stereocenters. The lowest BCUT2D eigenvalue weighted by Gasteiger charge is -2.41. The molecule has 2 fully saturated rings. The fourth-order valence-electron chi connectivity index (χ4n) is 3.90. The molecule has 0 aromatic carbocycles. The van der Waals surface area contributed by atoms with Crippen LogP contribution in [0.4, 0.5) is 0 Å².